The summed E-state index contributed by atoms with van der Waals surface area (Å²) in [4.78, 5) is 13.2. The molecule has 0 bridgehead atoms. The normalized spacial score (nSPS) is 20.3. The molecule has 29 heavy (non-hydrogen) atoms. The molecule has 1 aliphatic carbocycles. The lowest BCUT2D eigenvalue weighted by molar-refractivity contribution is 0.00681. The van der Waals surface area contributed by atoms with E-state index in [0.29, 0.717) is 16.9 Å². The van der Waals surface area contributed by atoms with Crippen LogP contribution in [-0.2, 0) is 4.74 Å². The lowest BCUT2D eigenvalue weighted by atomic mass is 9.87. The molecule has 0 amide bonds. The number of nitrogens with one attached hydrogen (secondary N) is 1. The highest BCUT2D eigenvalue weighted by molar-refractivity contribution is 5.94. The Bertz CT molecular complexity index is 892. The van der Waals surface area contributed by atoms with Crippen molar-refractivity contribution in [1.82, 2.24) is 5.32 Å². The van der Waals surface area contributed by atoms with Crippen LogP contribution in [0.4, 0.5) is 0 Å². The zero-order valence-corrected chi connectivity index (χ0v) is 17.9. The summed E-state index contributed by atoms with van der Waals surface area (Å²) in [7, 11) is 1.70. The molecule has 154 valence electrons. The highest BCUT2D eigenvalue weighted by atomic mass is 16.6. The maximum atomic E-state index is 13.2. The molecule has 2 aliphatic rings. The summed E-state index contributed by atoms with van der Waals surface area (Å²) in [5.74, 6) is 0.962. The summed E-state index contributed by atoms with van der Waals surface area (Å²) in [6.07, 6.45) is 3.46. The number of carbonyl (C=O) groups excluding carboxylic acids is 1. The number of carbonyl (C=O) groups is 1. The molecule has 1 unspecified atom stereocenters. The lowest BCUT2D eigenvalue weighted by Crippen LogP contribution is -2.30. The fraction of sp³-hybridized carbons (Fsp3) is 0.480. The topological polar surface area (TPSA) is 47.6 Å². The molecule has 1 aliphatic heterocycles. The van der Waals surface area contributed by atoms with Gasteiger partial charge in [0.25, 0.3) is 0 Å². The number of piperidine rings is 1. The van der Waals surface area contributed by atoms with Gasteiger partial charge in [0.15, 0.2) is 0 Å². The molecule has 1 spiro atoms. The minimum Gasteiger partial charge on any atom is -0.496 e. The third-order valence-electron chi connectivity index (χ3n) is 6.24. The molecule has 4 heteroatoms. The van der Waals surface area contributed by atoms with Crippen LogP contribution in [-0.4, -0.2) is 31.8 Å². The lowest BCUT2D eigenvalue weighted by Gasteiger charge is -2.25. The van der Waals surface area contributed by atoms with Crippen LogP contribution in [0.1, 0.15) is 61.9 Å². The van der Waals surface area contributed by atoms with Crippen LogP contribution in [0.2, 0.25) is 0 Å². The highest BCUT2D eigenvalue weighted by Gasteiger charge is 2.55. The molecule has 2 aromatic carbocycles. The van der Waals surface area contributed by atoms with Gasteiger partial charge in [-0.1, -0.05) is 30.3 Å². The van der Waals surface area contributed by atoms with Crippen LogP contribution in [0.3, 0.4) is 0 Å². The number of rotatable bonds is 4. The quantitative estimate of drug-likeness (QED) is 0.728. The van der Waals surface area contributed by atoms with Gasteiger partial charge in [-0.2, -0.15) is 0 Å². The molecule has 1 saturated heterocycles. The molecule has 4 nitrogen and oxygen atoms in total. The first kappa shape index (κ1) is 20.0. The maximum absolute atomic E-state index is 13.2. The monoisotopic (exact) mass is 393 g/mol. The van der Waals surface area contributed by atoms with Crippen molar-refractivity contribution in [2.24, 2.45) is 5.41 Å². The van der Waals surface area contributed by atoms with Crippen LogP contribution < -0.4 is 10.1 Å². The van der Waals surface area contributed by atoms with E-state index in [2.05, 4.69) is 11.4 Å². The fourth-order valence-electron chi connectivity index (χ4n) is 4.67. The van der Waals surface area contributed by atoms with E-state index in [4.69, 9.17) is 9.47 Å². The highest BCUT2D eigenvalue weighted by Crippen LogP contribution is 2.65. The average Bonchev–Trinajstić information content (AvgIpc) is 3.39. The van der Waals surface area contributed by atoms with E-state index in [9.17, 15) is 4.79 Å². The van der Waals surface area contributed by atoms with Crippen molar-refractivity contribution < 1.29 is 14.3 Å². The molecular formula is C25H31NO3. The first-order valence-electron chi connectivity index (χ1n) is 10.5. The smallest absolute Gasteiger partial charge is 0.338 e. The second-order valence-electron chi connectivity index (χ2n) is 9.38. The molecular weight excluding hydrogens is 362 g/mol. The number of esters is 1. The molecule has 0 aromatic heterocycles. The Labute approximate surface area is 173 Å². The van der Waals surface area contributed by atoms with E-state index in [1.807, 2.05) is 57.2 Å². The minimum absolute atomic E-state index is 0.247. The summed E-state index contributed by atoms with van der Waals surface area (Å²) < 4.78 is 11.6. The number of ether oxygens (including phenoxy) is 2. The van der Waals surface area contributed by atoms with Crippen LogP contribution >= 0.6 is 0 Å². The van der Waals surface area contributed by atoms with Crippen molar-refractivity contribution in [3.63, 3.8) is 0 Å². The van der Waals surface area contributed by atoms with E-state index in [1.54, 1.807) is 7.11 Å². The fourth-order valence-corrected chi connectivity index (χ4v) is 4.67. The Hall–Kier alpha value is -2.33. The molecule has 4 rings (SSSR count). The molecule has 1 N–H and O–H groups in total. The molecule has 2 aromatic rings. The molecule has 0 radical (unpaired) electrons. The van der Waals surface area contributed by atoms with E-state index in [0.717, 1.165) is 54.8 Å². The van der Waals surface area contributed by atoms with Crippen molar-refractivity contribution in [3.05, 3.63) is 53.6 Å². The molecule has 2 fully saturated rings. The van der Waals surface area contributed by atoms with E-state index < -0.39 is 5.60 Å². The summed E-state index contributed by atoms with van der Waals surface area (Å²) in [6, 6.07) is 14.1. The van der Waals surface area contributed by atoms with Gasteiger partial charge in [0, 0.05) is 5.56 Å². The van der Waals surface area contributed by atoms with Gasteiger partial charge in [-0.3, -0.25) is 0 Å². The van der Waals surface area contributed by atoms with Crippen LogP contribution in [0.25, 0.3) is 11.1 Å². The van der Waals surface area contributed by atoms with Gasteiger partial charge >= 0.3 is 5.97 Å². The number of benzene rings is 2. The van der Waals surface area contributed by atoms with E-state index in [1.165, 1.54) is 0 Å². The van der Waals surface area contributed by atoms with E-state index in [-0.39, 0.29) is 5.97 Å². The van der Waals surface area contributed by atoms with Crippen LogP contribution in [0.5, 0.6) is 5.75 Å². The second kappa shape index (κ2) is 7.49. The van der Waals surface area contributed by atoms with Crippen molar-refractivity contribution >= 4 is 5.97 Å². The third-order valence-corrected chi connectivity index (χ3v) is 6.24. The standard InChI is InChI=1S/C25H31NO3/c1-24(2,3)29-23(27)20-14-18(17-8-6-5-7-9-17)22(28-4)15-19(20)21-16-25(21)10-12-26-13-11-25/h5-9,14-15,21,26H,10-13,16H2,1-4H3. The summed E-state index contributed by atoms with van der Waals surface area (Å²) in [6.45, 7) is 7.85. The Morgan fingerprint density at radius 1 is 1.10 bits per heavy atom. The van der Waals surface area contributed by atoms with Gasteiger partial charge in [0.2, 0.25) is 0 Å². The molecule has 1 atom stereocenters. The Balaban J connectivity index is 1.80. The van der Waals surface area contributed by atoms with Crippen molar-refractivity contribution in [2.75, 3.05) is 20.2 Å². The SMILES string of the molecule is COc1cc(C2CC23CCNCC3)c(C(=O)OC(C)(C)C)cc1-c1ccccc1. The zero-order valence-electron chi connectivity index (χ0n) is 17.9. The summed E-state index contributed by atoms with van der Waals surface area (Å²) in [5, 5.41) is 3.46. The van der Waals surface area contributed by atoms with Gasteiger partial charge in [0.1, 0.15) is 11.4 Å². The van der Waals surface area contributed by atoms with Crippen molar-refractivity contribution in [3.8, 4) is 16.9 Å². The number of hydrogen-bond donors (Lipinski definition) is 1. The van der Waals surface area contributed by atoms with Gasteiger partial charge in [0.05, 0.1) is 12.7 Å². The van der Waals surface area contributed by atoms with Crippen LogP contribution in [0, 0.1) is 5.41 Å². The summed E-state index contributed by atoms with van der Waals surface area (Å²) >= 11 is 0. The zero-order chi connectivity index (χ0) is 20.6. The van der Waals surface area contributed by atoms with Crippen molar-refractivity contribution in [2.45, 2.75) is 51.6 Å². The molecule has 1 heterocycles. The minimum atomic E-state index is -0.531. The number of hydrogen-bond acceptors (Lipinski definition) is 4. The van der Waals surface area contributed by atoms with Crippen molar-refractivity contribution in [1.29, 1.82) is 0 Å². The molecule has 1 saturated carbocycles. The predicted octanol–water partition coefficient (Wildman–Crippen LogP) is 5.17. The largest absolute Gasteiger partial charge is 0.496 e. The summed E-state index contributed by atoms with van der Waals surface area (Å²) in [5.41, 5.74) is 3.52. The van der Waals surface area contributed by atoms with Gasteiger partial charge in [-0.05, 0) is 87.7 Å². The van der Waals surface area contributed by atoms with E-state index >= 15 is 0 Å². The van der Waals surface area contributed by atoms with Gasteiger partial charge in [-0.15, -0.1) is 0 Å². The first-order valence-corrected chi connectivity index (χ1v) is 10.5. The third kappa shape index (κ3) is 4.04. The van der Waals surface area contributed by atoms with Gasteiger partial charge in [-0.25, -0.2) is 4.79 Å². The first-order chi connectivity index (χ1) is 13.8. The Morgan fingerprint density at radius 3 is 2.41 bits per heavy atom. The Kier molecular flexibility index (Phi) is 5.16. The Morgan fingerprint density at radius 2 is 1.79 bits per heavy atom. The average molecular weight is 394 g/mol. The second-order valence-corrected chi connectivity index (χ2v) is 9.38. The number of methoxy groups -OCH3 is 1. The van der Waals surface area contributed by atoms with Crippen LogP contribution in [0.15, 0.2) is 42.5 Å². The van der Waals surface area contributed by atoms with Gasteiger partial charge < -0.3 is 14.8 Å². The maximum Gasteiger partial charge on any atom is 0.338 e. The predicted molar refractivity (Wildman–Crippen MR) is 115 cm³/mol.